The molecule has 1 aromatic rings. The molecule has 1 amide bonds. The summed E-state index contributed by atoms with van der Waals surface area (Å²) in [5, 5.41) is 9.84. The van der Waals surface area contributed by atoms with E-state index in [0.717, 1.165) is 6.42 Å². The molecule has 1 heterocycles. The highest BCUT2D eigenvalue weighted by Crippen LogP contribution is 2.21. The number of aryl methyl sites for hydroxylation is 2. The fraction of sp³-hybridized carbons (Fsp3) is 0.533. The van der Waals surface area contributed by atoms with Gasteiger partial charge in [-0.15, -0.1) is 0 Å². The molecule has 1 aliphatic heterocycles. The highest BCUT2D eigenvalue weighted by atomic mass is 16.3. The van der Waals surface area contributed by atoms with Crippen molar-refractivity contribution in [2.75, 3.05) is 13.1 Å². The van der Waals surface area contributed by atoms with Crippen molar-refractivity contribution in [2.24, 2.45) is 0 Å². The smallest absolute Gasteiger partial charge is 0.223 e. The molecule has 2 rings (SSSR count). The van der Waals surface area contributed by atoms with Gasteiger partial charge in [0.15, 0.2) is 0 Å². The van der Waals surface area contributed by atoms with Crippen LogP contribution in [-0.4, -0.2) is 34.6 Å². The number of hydrogen-bond donors (Lipinski definition) is 1. The molecule has 0 bridgehead atoms. The molecule has 0 aromatic heterocycles. The molecule has 0 saturated carbocycles. The van der Waals surface area contributed by atoms with Crippen LogP contribution < -0.4 is 0 Å². The first kappa shape index (κ1) is 13.1. The predicted molar refractivity (Wildman–Crippen MR) is 71.3 cm³/mol. The van der Waals surface area contributed by atoms with Crippen LogP contribution >= 0.6 is 0 Å². The van der Waals surface area contributed by atoms with Crippen LogP contribution in [0.1, 0.15) is 30.9 Å². The summed E-state index contributed by atoms with van der Waals surface area (Å²) in [5.74, 6) is 0.147. The monoisotopic (exact) mass is 247 g/mol. The quantitative estimate of drug-likeness (QED) is 0.886. The second-order valence-electron chi connectivity index (χ2n) is 5.55. The maximum atomic E-state index is 12.0. The van der Waals surface area contributed by atoms with Crippen LogP contribution in [0.4, 0.5) is 0 Å². The third-order valence-corrected chi connectivity index (χ3v) is 3.55. The molecule has 1 atom stereocenters. The Balaban J connectivity index is 1.84. The first-order chi connectivity index (χ1) is 8.46. The molecule has 1 aromatic carbocycles. The Morgan fingerprint density at radius 2 is 2.06 bits per heavy atom. The molecule has 0 aliphatic carbocycles. The number of carbonyl (C=O) groups excluding carboxylic acids is 1. The Labute approximate surface area is 108 Å². The van der Waals surface area contributed by atoms with Crippen LogP contribution in [0.5, 0.6) is 0 Å². The van der Waals surface area contributed by atoms with Crippen LogP contribution in [0.15, 0.2) is 24.3 Å². The maximum Gasteiger partial charge on any atom is 0.223 e. The van der Waals surface area contributed by atoms with Gasteiger partial charge in [-0.25, -0.2) is 0 Å². The van der Waals surface area contributed by atoms with Crippen molar-refractivity contribution in [3.63, 3.8) is 0 Å². The molecule has 1 N–H and O–H groups in total. The fourth-order valence-corrected chi connectivity index (χ4v) is 2.32. The topological polar surface area (TPSA) is 40.5 Å². The number of carbonyl (C=O) groups is 1. The zero-order valence-corrected chi connectivity index (χ0v) is 11.1. The summed E-state index contributed by atoms with van der Waals surface area (Å²) in [6.07, 6.45) is 1.99. The molecule has 1 fully saturated rings. The number of rotatable bonds is 3. The normalized spacial score (nSPS) is 23.4. The second-order valence-corrected chi connectivity index (χ2v) is 5.55. The number of β-amino-alcohol motifs (C(OH)–C–C–N with tert-alkyl or cyclic N) is 1. The van der Waals surface area contributed by atoms with Crippen LogP contribution in [0.2, 0.25) is 0 Å². The minimum absolute atomic E-state index is 0.147. The first-order valence-electron chi connectivity index (χ1n) is 6.52. The van der Waals surface area contributed by atoms with Crippen molar-refractivity contribution in [3.8, 4) is 0 Å². The van der Waals surface area contributed by atoms with Gasteiger partial charge < -0.3 is 10.0 Å². The molecule has 3 nitrogen and oxygen atoms in total. The standard InChI is InChI=1S/C15H21NO2/c1-12-3-5-13(6-4-12)7-8-14(17)16-10-9-15(2,18)11-16/h3-6,18H,7-11H2,1-2H3. The van der Waals surface area contributed by atoms with E-state index in [4.69, 9.17) is 0 Å². The van der Waals surface area contributed by atoms with Gasteiger partial charge in [0.2, 0.25) is 5.91 Å². The molecule has 0 radical (unpaired) electrons. The van der Waals surface area contributed by atoms with Crippen LogP contribution in [0.3, 0.4) is 0 Å². The second kappa shape index (κ2) is 5.11. The largest absolute Gasteiger partial charge is 0.388 e. The van der Waals surface area contributed by atoms with Crippen LogP contribution in [-0.2, 0) is 11.2 Å². The van der Waals surface area contributed by atoms with Gasteiger partial charge in [0.05, 0.1) is 5.60 Å². The SMILES string of the molecule is Cc1ccc(CCC(=O)N2CCC(C)(O)C2)cc1. The number of aliphatic hydroxyl groups is 1. The van der Waals surface area contributed by atoms with Crippen molar-refractivity contribution in [1.29, 1.82) is 0 Å². The lowest BCUT2D eigenvalue weighted by molar-refractivity contribution is -0.131. The summed E-state index contributed by atoms with van der Waals surface area (Å²) in [5.41, 5.74) is 1.74. The van der Waals surface area contributed by atoms with Crippen molar-refractivity contribution < 1.29 is 9.90 Å². The molecular formula is C15H21NO2. The molecule has 98 valence electrons. The number of benzene rings is 1. The van der Waals surface area contributed by atoms with Crippen LogP contribution in [0, 0.1) is 6.92 Å². The van der Waals surface area contributed by atoms with E-state index in [2.05, 4.69) is 31.2 Å². The summed E-state index contributed by atoms with van der Waals surface area (Å²) in [7, 11) is 0. The summed E-state index contributed by atoms with van der Waals surface area (Å²) >= 11 is 0. The van der Waals surface area contributed by atoms with Crippen molar-refractivity contribution in [3.05, 3.63) is 35.4 Å². The van der Waals surface area contributed by atoms with Gasteiger partial charge in [-0.3, -0.25) is 4.79 Å². The average Bonchev–Trinajstić information content (AvgIpc) is 2.69. The first-order valence-corrected chi connectivity index (χ1v) is 6.52. The fourth-order valence-electron chi connectivity index (χ4n) is 2.32. The van der Waals surface area contributed by atoms with E-state index >= 15 is 0 Å². The van der Waals surface area contributed by atoms with E-state index in [0.29, 0.717) is 25.9 Å². The van der Waals surface area contributed by atoms with Gasteiger partial charge in [-0.1, -0.05) is 29.8 Å². The third-order valence-electron chi connectivity index (χ3n) is 3.55. The zero-order valence-electron chi connectivity index (χ0n) is 11.1. The summed E-state index contributed by atoms with van der Waals surface area (Å²) in [6, 6.07) is 8.28. The lowest BCUT2D eigenvalue weighted by Crippen LogP contribution is -2.33. The molecule has 3 heteroatoms. The lowest BCUT2D eigenvalue weighted by Gasteiger charge is -2.19. The zero-order chi connectivity index (χ0) is 13.2. The van der Waals surface area contributed by atoms with Gasteiger partial charge in [0.25, 0.3) is 0 Å². The molecular weight excluding hydrogens is 226 g/mol. The van der Waals surface area contributed by atoms with E-state index in [1.807, 2.05) is 0 Å². The Hall–Kier alpha value is -1.35. The summed E-state index contributed by atoms with van der Waals surface area (Å²) in [6.45, 7) is 5.00. The van der Waals surface area contributed by atoms with Crippen LogP contribution in [0.25, 0.3) is 0 Å². The average molecular weight is 247 g/mol. The van der Waals surface area contributed by atoms with Gasteiger partial charge in [0, 0.05) is 19.5 Å². The molecule has 0 spiro atoms. The molecule has 18 heavy (non-hydrogen) atoms. The van der Waals surface area contributed by atoms with E-state index in [1.54, 1.807) is 11.8 Å². The highest BCUT2D eigenvalue weighted by Gasteiger charge is 2.33. The van der Waals surface area contributed by atoms with E-state index in [-0.39, 0.29) is 5.91 Å². The Kier molecular flexibility index (Phi) is 3.71. The third kappa shape index (κ3) is 3.33. The minimum Gasteiger partial charge on any atom is -0.388 e. The van der Waals surface area contributed by atoms with Gasteiger partial charge in [-0.2, -0.15) is 0 Å². The number of likely N-dealkylation sites (tertiary alicyclic amines) is 1. The van der Waals surface area contributed by atoms with Crippen molar-refractivity contribution >= 4 is 5.91 Å². The van der Waals surface area contributed by atoms with E-state index in [9.17, 15) is 9.90 Å². The van der Waals surface area contributed by atoms with Gasteiger partial charge in [0.1, 0.15) is 0 Å². The Morgan fingerprint density at radius 1 is 1.39 bits per heavy atom. The van der Waals surface area contributed by atoms with E-state index < -0.39 is 5.60 Å². The highest BCUT2D eigenvalue weighted by molar-refractivity contribution is 5.76. The molecule has 1 unspecified atom stereocenters. The predicted octanol–water partition coefficient (Wildman–Crippen LogP) is 1.91. The number of nitrogens with zero attached hydrogens (tertiary/aromatic N) is 1. The van der Waals surface area contributed by atoms with Crippen molar-refractivity contribution in [1.82, 2.24) is 4.90 Å². The summed E-state index contributed by atoms with van der Waals surface area (Å²) in [4.78, 5) is 13.8. The molecule has 1 saturated heterocycles. The summed E-state index contributed by atoms with van der Waals surface area (Å²) < 4.78 is 0. The lowest BCUT2D eigenvalue weighted by atomic mass is 10.1. The Bertz CT molecular complexity index is 423. The van der Waals surface area contributed by atoms with Gasteiger partial charge >= 0.3 is 0 Å². The van der Waals surface area contributed by atoms with E-state index in [1.165, 1.54) is 11.1 Å². The Morgan fingerprint density at radius 3 is 2.61 bits per heavy atom. The molecule has 1 aliphatic rings. The number of hydrogen-bond acceptors (Lipinski definition) is 2. The van der Waals surface area contributed by atoms with Crippen molar-refractivity contribution in [2.45, 2.75) is 38.7 Å². The minimum atomic E-state index is -0.695. The maximum absolute atomic E-state index is 12.0. The van der Waals surface area contributed by atoms with Gasteiger partial charge in [-0.05, 0) is 32.3 Å². The number of amides is 1.